The maximum atomic E-state index is 5.33. The Morgan fingerprint density at radius 3 is 2.22 bits per heavy atom. The standard InChI is InChI=1S/C8H15N/c1-7(2)4-5-8(3)6-9/h1,3-6,9H2,2H3. The third kappa shape index (κ3) is 5.31. The van der Waals surface area contributed by atoms with E-state index < -0.39 is 0 Å². The van der Waals surface area contributed by atoms with E-state index in [1.165, 1.54) is 5.57 Å². The van der Waals surface area contributed by atoms with Gasteiger partial charge in [0.25, 0.3) is 0 Å². The molecular weight excluding hydrogens is 110 g/mol. The molecule has 0 aromatic carbocycles. The summed E-state index contributed by atoms with van der Waals surface area (Å²) in [5, 5.41) is 0. The summed E-state index contributed by atoms with van der Waals surface area (Å²) in [6.07, 6.45) is 2.02. The van der Waals surface area contributed by atoms with Crippen molar-refractivity contribution in [3.8, 4) is 0 Å². The summed E-state index contributed by atoms with van der Waals surface area (Å²) in [5.41, 5.74) is 7.64. The summed E-state index contributed by atoms with van der Waals surface area (Å²) in [5.74, 6) is 0. The molecule has 1 nitrogen and oxygen atoms in total. The van der Waals surface area contributed by atoms with Crippen LogP contribution in [0.15, 0.2) is 24.3 Å². The number of nitrogens with two attached hydrogens (primary N) is 1. The molecule has 0 radical (unpaired) electrons. The summed E-state index contributed by atoms with van der Waals surface area (Å²) < 4.78 is 0. The van der Waals surface area contributed by atoms with Crippen LogP contribution in [0.3, 0.4) is 0 Å². The molecule has 0 atom stereocenters. The number of hydrogen-bond donors (Lipinski definition) is 1. The Labute approximate surface area is 57.3 Å². The van der Waals surface area contributed by atoms with Gasteiger partial charge in [-0.15, -0.1) is 6.58 Å². The Balaban J connectivity index is 3.28. The maximum Gasteiger partial charge on any atom is 0.0134 e. The predicted molar refractivity (Wildman–Crippen MR) is 42.2 cm³/mol. The molecule has 0 unspecified atom stereocenters. The topological polar surface area (TPSA) is 26.0 Å². The minimum absolute atomic E-state index is 0.604. The van der Waals surface area contributed by atoms with Crippen LogP contribution in [0.1, 0.15) is 19.8 Å². The fraction of sp³-hybridized carbons (Fsp3) is 0.500. The Bertz CT molecular complexity index is 114. The van der Waals surface area contributed by atoms with Gasteiger partial charge in [-0.25, -0.2) is 0 Å². The van der Waals surface area contributed by atoms with Crippen molar-refractivity contribution >= 4 is 0 Å². The first-order valence-corrected chi connectivity index (χ1v) is 3.18. The van der Waals surface area contributed by atoms with Crippen LogP contribution in [0.25, 0.3) is 0 Å². The van der Waals surface area contributed by atoms with E-state index in [1.807, 2.05) is 6.92 Å². The third-order valence-electron chi connectivity index (χ3n) is 1.19. The summed E-state index contributed by atoms with van der Waals surface area (Å²) in [7, 11) is 0. The van der Waals surface area contributed by atoms with Crippen LogP contribution in [0.5, 0.6) is 0 Å². The molecule has 0 saturated carbocycles. The van der Waals surface area contributed by atoms with E-state index in [0.29, 0.717) is 6.54 Å². The lowest BCUT2D eigenvalue weighted by Gasteiger charge is -1.99. The fourth-order valence-electron chi connectivity index (χ4n) is 0.492. The molecule has 0 rings (SSSR count). The van der Waals surface area contributed by atoms with Crippen LogP contribution in [0, 0.1) is 0 Å². The Morgan fingerprint density at radius 2 is 1.89 bits per heavy atom. The molecule has 1 heteroatoms. The molecule has 0 aromatic rings. The summed E-state index contributed by atoms with van der Waals surface area (Å²) in [6.45, 7) is 10.2. The Morgan fingerprint density at radius 1 is 1.33 bits per heavy atom. The molecule has 2 N–H and O–H groups in total. The van der Waals surface area contributed by atoms with Crippen LogP contribution in [0.2, 0.25) is 0 Å². The van der Waals surface area contributed by atoms with E-state index in [1.54, 1.807) is 0 Å². The number of allylic oxidation sites excluding steroid dienone is 1. The van der Waals surface area contributed by atoms with Crippen LogP contribution in [0.4, 0.5) is 0 Å². The number of rotatable bonds is 4. The van der Waals surface area contributed by atoms with Gasteiger partial charge >= 0.3 is 0 Å². The van der Waals surface area contributed by atoms with Gasteiger partial charge in [-0.1, -0.05) is 17.7 Å². The highest BCUT2D eigenvalue weighted by Crippen LogP contribution is 2.05. The van der Waals surface area contributed by atoms with Gasteiger partial charge in [-0.2, -0.15) is 0 Å². The van der Waals surface area contributed by atoms with Crippen molar-refractivity contribution < 1.29 is 0 Å². The summed E-state index contributed by atoms with van der Waals surface area (Å²) >= 11 is 0. The van der Waals surface area contributed by atoms with E-state index in [0.717, 1.165) is 18.4 Å². The smallest absolute Gasteiger partial charge is 0.0134 e. The van der Waals surface area contributed by atoms with Crippen molar-refractivity contribution in [2.75, 3.05) is 6.54 Å². The number of hydrogen-bond acceptors (Lipinski definition) is 1. The molecule has 0 aliphatic carbocycles. The van der Waals surface area contributed by atoms with E-state index in [4.69, 9.17) is 5.73 Å². The zero-order chi connectivity index (χ0) is 7.28. The van der Waals surface area contributed by atoms with Crippen LogP contribution < -0.4 is 5.73 Å². The molecule has 0 bridgehead atoms. The third-order valence-corrected chi connectivity index (χ3v) is 1.19. The molecule has 0 spiro atoms. The van der Waals surface area contributed by atoms with E-state index in [9.17, 15) is 0 Å². The normalized spacial score (nSPS) is 9.11. The van der Waals surface area contributed by atoms with Gasteiger partial charge in [0.2, 0.25) is 0 Å². The monoisotopic (exact) mass is 125 g/mol. The lowest BCUT2D eigenvalue weighted by molar-refractivity contribution is 0.899. The van der Waals surface area contributed by atoms with Crippen molar-refractivity contribution in [1.82, 2.24) is 0 Å². The maximum absolute atomic E-state index is 5.33. The van der Waals surface area contributed by atoms with Gasteiger partial charge in [0, 0.05) is 6.54 Å². The molecule has 0 amide bonds. The van der Waals surface area contributed by atoms with Crippen molar-refractivity contribution in [2.24, 2.45) is 5.73 Å². The molecule has 0 aromatic heterocycles. The molecule has 0 saturated heterocycles. The average Bonchev–Trinajstić information content (AvgIpc) is 1.83. The Kier molecular flexibility index (Phi) is 4.06. The van der Waals surface area contributed by atoms with Crippen molar-refractivity contribution in [1.29, 1.82) is 0 Å². The van der Waals surface area contributed by atoms with E-state index in [2.05, 4.69) is 13.2 Å². The minimum Gasteiger partial charge on any atom is -0.327 e. The lowest BCUT2D eigenvalue weighted by atomic mass is 10.1. The summed E-state index contributed by atoms with van der Waals surface area (Å²) in [6, 6.07) is 0. The van der Waals surface area contributed by atoms with Crippen LogP contribution >= 0.6 is 0 Å². The van der Waals surface area contributed by atoms with Crippen molar-refractivity contribution in [2.45, 2.75) is 19.8 Å². The van der Waals surface area contributed by atoms with E-state index in [-0.39, 0.29) is 0 Å². The van der Waals surface area contributed by atoms with Gasteiger partial charge in [0.05, 0.1) is 0 Å². The molecule has 52 valence electrons. The molecule has 9 heavy (non-hydrogen) atoms. The quantitative estimate of drug-likeness (QED) is 0.570. The molecule has 0 fully saturated rings. The van der Waals surface area contributed by atoms with Crippen molar-refractivity contribution in [3.05, 3.63) is 24.3 Å². The van der Waals surface area contributed by atoms with Gasteiger partial charge in [-0.05, 0) is 19.8 Å². The van der Waals surface area contributed by atoms with Gasteiger partial charge in [0.1, 0.15) is 0 Å². The second kappa shape index (κ2) is 4.33. The molecule has 0 aliphatic heterocycles. The van der Waals surface area contributed by atoms with Gasteiger partial charge in [-0.3, -0.25) is 0 Å². The highest BCUT2D eigenvalue weighted by atomic mass is 14.5. The summed E-state index contributed by atoms with van der Waals surface area (Å²) in [4.78, 5) is 0. The highest BCUT2D eigenvalue weighted by Gasteiger charge is 1.89. The fourth-order valence-corrected chi connectivity index (χ4v) is 0.492. The van der Waals surface area contributed by atoms with Crippen LogP contribution in [-0.4, -0.2) is 6.54 Å². The predicted octanol–water partition coefficient (Wildman–Crippen LogP) is 1.86. The largest absolute Gasteiger partial charge is 0.327 e. The molecular formula is C8H15N. The average molecular weight is 125 g/mol. The second-order valence-electron chi connectivity index (χ2n) is 2.41. The lowest BCUT2D eigenvalue weighted by Crippen LogP contribution is -2.01. The van der Waals surface area contributed by atoms with Gasteiger partial charge in [0.15, 0.2) is 0 Å². The molecule has 0 aliphatic rings. The first kappa shape index (κ1) is 8.44. The first-order valence-electron chi connectivity index (χ1n) is 3.18. The minimum atomic E-state index is 0.604. The molecule has 0 heterocycles. The van der Waals surface area contributed by atoms with E-state index >= 15 is 0 Å². The zero-order valence-electron chi connectivity index (χ0n) is 6.11. The zero-order valence-corrected chi connectivity index (χ0v) is 6.11. The van der Waals surface area contributed by atoms with Crippen molar-refractivity contribution in [3.63, 3.8) is 0 Å². The second-order valence-corrected chi connectivity index (χ2v) is 2.41. The van der Waals surface area contributed by atoms with Gasteiger partial charge < -0.3 is 5.73 Å². The first-order chi connectivity index (χ1) is 4.16. The SMILES string of the molecule is C=C(C)CCC(=C)CN. The van der Waals surface area contributed by atoms with Crippen LogP contribution in [-0.2, 0) is 0 Å². The highest BCUT2D eigenvalue weighted by molar-refractivity contribution is 5.00. The Hall–Kier alpha value is -0.560.